The van der Waals surface area contributed by atoms with Gasteiger partial charge in [-0.05, 0) is 29.6 Å². The van der Waals surface area contributed by atoms with E-state index in [1.54, 1.807) is 29.8 Å². The summed E-state index contributed by atoms with van der Waals surface area (Å²) in [7, 11) is 1.90. The van der Waals surface area contributed by atoms with Gasteiger partial charge in [-0.25, -0.2) is 0 Å². The molecular weight excluding hydrogens is 246 g/mol. The zero-order chi connectivity index (χ0) is 12.5. The van der Waals surface area contributed by atoms with Crippen LogP contribution in [0.15, 0.2) is 42.0 Å². The molecule has 0 saturated heterocycles. The number of aryl methyl sites for hydroxylation is 1. The van der Waals surface area contributed by atoms with Gasteiger partial charge in [0.1, 0.15) is 5.69 Å². The average molecular weight is 257 g/mol. The molecule has 3 heterocycles. The number of pyridine rings is 1. The maximum atomic E-state index is 12.1. The molecule has 1 amide bonds. The predicted molar refractivity (Wildman–Crippen MR) is 73.0 cm³/mol. The first-order valence-corrected chi connectivity index (χ1v) is 6.38. The van der Waals surface area contributed by atoms with Gasteiger partial charge >= 0.3 is 0 Å². The maximum absolute atomic E-state index is 12.1. The summed E-state index contributed by atoms with van der Waals surface area (Å²) in [6, 6.07) is 7.53. The van der Waals surface area contributed by atoms with E-state index in [4.69, 9.17) is 0 Å². The van der Waals surface area contributed by atoms with E-state index < -0.39 is 0 Å². The van der Waals surface area contributed by atoms with Gasteiger partial charge in [-0.15, -0.1) is 11.3 Å². The van der Waals surface area contributed by atoms with Crippen molar-refractivity contribution in [1.82, 2.24) is 9.55 Å². The highest BCUT2D eigenvalue weighted by molar-refractivity contribution is 7.17. The molecule has 0 aromatic carbocycles. The lowest BCUT2D eigenvalue weighted by atomic mass is 10.3. The van der Waals surface area contributed by atoms with Gasteiger partial charge in [0, 0.05) is 13.2 Å². The van der Waals surface area contributed by atoms with Crippen LogP contribution in [-0.2, 0) is 7.05 Å². The number of aromatic nitrogens is 2. The van der Waals surface area contributed by atoms with E-state index in [-0.39, 0.29) is 5.91 Å². The molecule has 0 aliphatic carbocycles. The largest absolute Gasteiger partial charge is 0.339 e. The fraction of sp³-hybridized carbons (Fsp3) is 0.0769. The Hall–Kier alpha value is -2.14. The van der Waals surface area contributed by atoms with Crippen molar-refractivity contribution in [2.75, 3.05) is 5.32 Å². The van der Waals surface area contributed by atoms with Gasteiger partial charge < -0.3 is 9.88 Å². The van der Waals surface area contributed by atoms with Gasteiger partial charge in [0.05, 0.1) is 22.1 Å². The third-order valence-corrected chi connectivity index (χ3v) is 3.67. The molecule has 0 atom stereocenters. The van der Waals surface area contributed by atoms with E-state index in [0.29, 0.717) is 11.4 Å². The number of amides is 1. The molecule has 0 unspecified atom stereocenters. The molecule has 0 radical (unpaired) electrons. The Bertz CT molecular complexity index is 699. The standard InChI is InChI=1S/C13H11N3OS/c1-16-10-4-6-18-12(10)7-11(16)13(17)15-9-3-2-5-14-8-9/h2-8H,1H3,(H,15,17). The summed E-state index contributed by atoms with van der Waals surface area (Å²) in [5.74, 6) is -0.117. The molecule has 3 rings (SSSR count). The summed E-state index contributed by atoms with van der Waals surface area (Å²) in [5, 5.41) is 4.85. The van der Waals surface area contributed by atoms with Crippen LogP contribution in [0.25, 0.3) is 10.2 Å². The van der Waals surface area contributed by atoms with Crippen molar-refractivity contribution in [3.05, 3.63) is 47.7 Å². The number of carbonyl (C=O) groups is 1. The Labute approximate surface area is 108 Å². The second-order valence-electron chi connectivity index (χ2n) is 3.95. The fourth-order valence-corrected chi connectivity index (χ4v) is 2.75. The first kappa shape index (κ1) is 11.0. The normalized spacial score (nSPS) is 10.7. The molecule has 1 N–H and O–H groups in total. The Morgan fingerprint density at radius 3 is 3.06 bits per heavy atom. The summed E-state index contributed by atoms with van der Waals surface area (Å²) < 4.78 is 3.02. The number of anilines is 1. The van der Waals surface area contributed by atoms with E-state index in [2.05, 4.69) is 10.3 Å². The van der Waals surface area contributed by atoms with Gasteiger partial charge in [0.15, 0.2) is 0 Å². The highest BCUT2D eigenvalue weighted by Crippen LogP contribution is 2.24. The second kappa shape index (κ2) is 4.27. The minimum absolute atomic E-state index is 0.117. The van der Waals surface area contributed by atoms with Gasteiger partial charge in [-0.1, -0.05) is 0 Å². The summed E-state index contributed by atoms with van der Waals surface area (Å²) in [5.41, 5.74) is 2.43. The molecule has 90 valence electrons. The quantitative estimate of drug-likeness (QED) is 0.767. The summed E-state index contributed by atoms with van der Waals surface area (Å²) in [4.78, 5) is 16.1. The van der Waals surface area contributed by atoms with Crippen LogP contribution in [0, 0.1) is 0 Å². The van der Waals surface area contributed by atoms with Crippen LogP contribution in [0.4, 0.5) is 5.69 Å². The van der Waals surface area contributed by atoms with Gasteiger partial charge in [-0.3, -0.25) is 9.78 Å². The summed E-state index contributed by atoms with van der Waals surface area (Å²) in [6.45, 7) is 0. The van der Waals surface area contributed by atoms with Crippen molar-refractivity contribution in [2.45, 2.75) is 0 Å². The molecule has 18 heavy (non-hydrogen) atoms. The van der Waals surface area contributed by atoms with Crippen molar-refractivity contribution in [3.63, 3.8) is 0 Å². The lowest BCUT2D eigenvalue weighted by Gasteiger charge is -2.05. The molecule has 4 nitrogen and oxygen atoms in total. The zero-order valence-corrected chi connectivity index (χ0v) is 10.6. The minimum atomic E-state index is -0.117. The van der Waals surface area contributed by atoms with Crippen LogP contribution in [0.2, 0.25) is 0 Å². The van der Waals surface area contributed by atoms with E-state index >= 15 is 0 Å². The molecule has 0 aliphatic rings. The van der Waals surface area contributed by atoms with Crippen LogP contribution >= 0.6 is 11.3 Å². The lowest BCUT2D eigenvalue weighted by molar-refractivity contribution is 0.101. The van der Waals surface area contributed by atoms with Crippen molar-refractivity contribution >= 4 is 33.1 Å². The molecule has 0 fully saturated rings. The van der Waals surface area contributed by atoms with Crippen molar-refractivity contribution in [2.24, 2.45) is 7.05 Å². The molecule has 0 spiro atoms. The lowest BCUT2D eigenvalue weighted by Crippen LogP contribution is -2.15. The third-order valence-electron chi connectivity index (χ3n) is 2.82. The number of nitrogens with zero attached hydrogens (tertiary/aromatic N) is 2. The molecule has 0 aliphatic heterocycles. The zero-order valence-electron chi connectivity index (χ0n) is 9.75. The van der Waals surface area contributed by atoms with Crippen LogP contribution < -0.4 is 5.32 Å². The minimum Gasteiger partial charge on any atom is -0.339 e. The predicted octanol–water partition coefficient (Wildman–Crippen LogP) is 2.89. The number of thiophene rings is 1. The van der Waals surface area contributed by atoms with E-state index in [1.807, 2.05) is 35.2 Å². The van der Waals surface area contributed by atoms with Crippen LogP contribution in [0.1, 0.15) is 10.5 Å². The van der Waals surface area contributed by atoms with E-state index in [1.165, 1.54) is 0 Å². The molecule has 0 bridgehead atoms. The first-order chi connectivity index (χ1) is 8.75. The molecule has 0 saturated carbocycles. The first-order valence-electron chi connectivity index (χ1n) is 5.50. The molecular formula is C13H11N3OS. The molecule has 3 aromatic rings. The smallest absolute Gasteiger partial charge is 0.272 e. The Morgan fingerprint density at radius 1 is 1.44 bits per heavy atom. The molecule has 3 aromatic heterocycles. The Morgan fingerprint density at radius 2 is 2.33 bits per heavy atom. The average Bonchev–Trinajstić information content (AvgIpc) is 2.94. The Balaban J connectivity index is 1.92. The second-order valence-corrected chi connectivity index (χ2v) is 4.90. The SMILES string of the molecule is Cn1c(C(=O)Nc2cccnc2)cc2sccc21. The van der Waals surface area contributed by atoms with Gasteiger partial charge in [0.2, 0.25) is 0 Å². The third kappa shape index (κ3) is 1.78. The van der Waals surface area contributed by atoms with Crippen molar-refractivity contribution in [1.29, 1.82) is 0 Å². The summed E-state index contributed by atoms with van der Waals surface area (Å²) >= 11 is 1.63. The van der Waals surface area contributed by atoms with Crippen LogP contribution in [0.5, 0.6) is 0 Å². The van der Waals surface area contributed by atoms with Crippen molar-refractivity contribution in [3.8, 4) is 0 Å². The topological polar surface area (TPSA) is 46.9 Å². The van der Waals surface area contributed by atoms with Gasteiger partial charge in [0.25, 0.3) is 5.91 Å². The number of nitrogens with one attached hydrogen (secondary N) is 1. The number of hydrogen-bond donors (Lipinski definition) is 1. The highest BCUT2D eigenvalue weighted by Gasteiger charge is 2.13. The van der Waals surface area contributed by atoms with Crippen LogP contribution in [-0.4, -0.2) is 15.5 Å². The monoisotopic (exact) mass is 257 g/mol. The van der Waals surface area contributed by atoms with Crippen molar-refractivity contribution < 1.29 is 4.79 Å². The number of hydrogen-bond acceptors (Lipinski definition) is 3. The molecule has 5 heteroatoms. The Kier molecular flexibility index (Phi) is 2.60. The fourth-order valence-electron chi connectivity index (χ4n) is 1.90. The maximum Gasteiger partial charge on any atom is 0.272 e. The highest BCUT2D eigenvalue weighted by atomic mass is 32.1. The number of rotatable bonds is 2. The van der Waals surface area contributed by atoms with Gasteiger partial charge in [-0.2, -0.15) is 0 Å². The van der Waals surface area contributed by atoms with Crippen LogP contribution in [0.3, 0.4) is 0 Å². The summed E-state index contributed by atoms with van der Waals surface area (Å²) in [6.07, 6.45) is 3.30. The number of carbonyl (C=O) groups excluding carboxylic acids is 1. The van der Waals surface area contributed by atoms with E-state index in [9.17, 15) is 4.79 Å². The van der Waals surface area contributed by atoms with E-state index in [0.717, 1.165) is 10.2 Å². The number of fused-ring (bicyclic) bond motifs is 1.